The first-order valence-corrected chi connectivity index (χ1v) is 9.50. The van der Waals surface area contributed by atoms with E-state index in [2.05, 4.69) is 36.1 Å². The Morgan fingerprint density at radius 2 is 1.85 bits per heavy atom. The molecule has 7 nitrogen and oxygen atoms in total. The number of hydrogen-bond donors (Lipinski definition) is 1. The highest BCUT2D eigenvalue weighted by Gasteiger charge is 2.26. The van der Waals surface area contributed by atoms with Crippen LogP contribution in [-0.4, -0.2) is 44.3 Å². The van der Waals surface area contributed by atoms with Gasteiger partial charge in [0.1, 0.15) is 0 Å². The van der Waals surface area contributed by atoms with Crippen LogP contribution in [0.25, 0.3) is 11.3 Å². The molecule has 0 radical (unpaired) electrons. The zero-order valence-electron chi connectivity index (χ0n) is 16.6. The summed E-state index contributed by atoms with van der Waals surface area (Å²) in [5.74, 6) is 0. The van der Waals surface area contributed by atoms with E-state index < -0.39 is 0 Å². The van der Waals surface area contributed by atoms with Crippen molar-refractivity contribution in [1.82, 2.24) is 20.0 Å². The monoisotopic (exact) mass is 371 g/mol. The van der Waals surface area contributed by atoms with Crippen LogP contribution in [0.3, 0.4) is 0 Å². The van der Waals surface area contributed by atoms with Crippen molar-refractivity contribution in [2.24, 2.45) is 7.05 Å². The van der Waals surface area contributed by atoms with Gasteiger partial charge in [-0.2, -0.15) is 5.10 Å². The molecular formula is C20H29N5O2. The standard InChI is InChI=1S/C20H29N5O2/c1-20(2,3)24-11-9-17(10-12-24)21-13-16-14-23(4)22-19(16)15-5-7-18(8-6-15)25(26)27/h5-8,14,17,21H,9-13H2,1-4H3. The molecule has 2 heterocycles. The Morgan fingerprint density at radius 1 is 1.22 bits per heavy atom. The van der Waals surface area contributed by atoms with Crippen molar-refractivity contribution in [3.8, 4) is 11.3 Å². The highest BCUT2D eigenvalue weighted by molar-refractivity contribution is 5.64. The molecule has 146 valence electrons. The summed E-state index contributed by atoms with van der Waals surface area (Å²) < 4.78 is 1.80. The first-order valence-electron chi connectivity index (χ1n) is 9.50. The number of piperidine rings is 1. The van der Waals surface area contributed by atoms with Crippen LogP contribution in [0.5, 0.6) is 0 Å². The number of aryl methyl sites for hydroxylation is 1. The molecule has 1 aromatic carbocycles. The lowest BCUT2D eigenvalue weighted by Crippen LogP contribution is -2.49. The van der Waals surface area contributed by atoms with Gasteiger partial charge in [0.25, 0.3) is 5.69 Å². The van der Waals surface area contributed by atoms with Crippen LogP contribution in [0.2, 0.25) is 0 Å². The molecule has 1 fully saturated rings. The molecular weight excluding hydrogens is 342 g/mol. The van der Waals surface area contributed by atoms with Gasteiger partial charge >= 0.3 is 0 Å². The lowest BCUT2D eigenvalue weighted by Gasteiger charge is -2.41. The molecule has 0 atom stereocenters. The summed E-state index contributed by atoms with van der Waals surface area (Å²) >= 11 is 0. The summed E-state index contributed by atoms with van der Waals surface area (Å²) in [5.41, 5.74) is 3.23. The van der Waals surface area contributed by atoms with Crippen molar-refractivity contribution in [3.05, 3.63) is 46.1 Å². The summed E-state index contributed by atoms with van der Waals surface area (Å²) in [5, 5.41) is 19.1. The molecule has 0 bridgehead atoms. The minimum absolute atomic E-state index is 0.0972. The quantitative estimate of drug-likeness (QED) is 0.644. The Labute approximate surface area is 160 Å². The molecule has 7 heteroatoms. The molecule has 1 aromatic heterocycles. The Balaban J connectivity index is 1.64. The molecule has 1 aliphatic rings. The molecule has 1 aliphatic heterocycles. The summed E-state index contributed by atoms with van der Waals surface area (Å²) in [6.07, 6.45) is 4.31. The third kappa shape index (κ3) is 4.73. The van der Waals surface area contributed by atoms with Gasteiger partial charge in [0.15, 0.2) is 0 Å². The van der Waals surface area contributed by atoms with Crippen molar-refractivity contribution < 1.29 is 4.92 Å². The minimum atomic E-state index is -0.380. The topological polar surface area (TPSA) is 76.2 Å². The number of nitrogens with one attached hydrogen (secondary N) is 1. The summed E-state index contributed by atoms with van der Waals surface area (Å²) in [7, 11) is 1.90. The maximum Gasteiger partial charge on any atom is 0.269 e. The normalized spacial score (nSPS) is 16.6. The van der Waals surface area contributed by atoms with Crippen molar-refractivity contribution >= 4 is 5.69 Å². The lowest BCUT2D eigenvalue weighted by atomic mass is 9.98. The van der Waals surface area contributed by atoms with Crippen LogP contribution in [-0.2, 0) is 13.6 Å². The third-order valence-electron chi connectivity index (χ3n) is 5.28. The Hall–Kier alpha value is -2.25. The number of non-ortho nitro benzene ring substituents is 1. The number of rotatable bonds is 5. The van der Waals surface area contributed by atoms with Crippen LogP contribution < -0.4 is 5.32 Å². The predicted molar refractivity (Wildman–Crippen MR) is 106 cm³/mol. The van der Waals surface area contributed by atoms with E-state index in [1.165, 1.54) is 12.1 Å². The van der Waals surface area contributed by atoms with Gasteiger partial charge in [0, 0.05) is 67.7 Å². The van der Waals surface area contributed by atoms with E-state index in [-0.39, 0.29) is 16.1 Å². The van der Waals surface area contributed by atoms with E-state index in [0.717, 1.165) is 49.3 Å². The first-order chi connectivity index (χ1) is 12.7. The highest BCUT2D eigenvalue weighted by atomic mass is 16.6. The highest BCUT2D eigenvalue weighted by Crippen LogP contribution is 2.25. The van der Waals surface area contributed by atoms with Crippen LogP contribution >= 0.6 is 0 Å². The van der Waals surface area contributed by atoms with Gasteiger partial charge in [0.2, 0.25) is 0 Å². The minimum Gasteiger partial charge on any atom is -0.310 e. The number of nitro benzene ring substituents is 1. The second-order valence-electron chi connectivity index (χ2n) is 8.29. The number of nitro groups is 1. The van der Waals surface area contributed by atoms with Gasteiger partial charge in [-0.15, -0.1) is 0 Å². The van der Waals surface area contributed by atoms with E-state index in [1.54, 1.807) is 16.8 Å². The molecule has 0 saturated carbocycles. The lowest BCUT2D eigenvalue weighted by molar-refractivity contribution is -0.384. The fraction of sp³-hybridized carbons (Fsp3) is 0.550. The van der Waals surface area contributed by atoms with E-state index in [4.69, 9.17) is 0 Å². The zero-order chi connectivity index (χ0) is 19.6. The number of nitrogens with zero attached hydrogens (tertiary/aromatic N) is 4. The number of hydrogen-bond acceptors (Lipinski definition) is 5. The van der Waals surface area contributed by atoms with Crippen LogP contribution in [0.1, 0.15) is 39.2 Å². The summed E-state index contributed by atoms with van der Waals surface area (Å²) in [4.78, 5) is 13.0. The number of benzene rings is 1. The Morgan fingerprint density at radius 3 is 2.41 bits per heavy atom. The molecule has 1 saturated heterocycles. The van der Waals surface area contributed by atoms with Crippen LogP contribution in [0, 0.1) is 10.1 Å². The molecule has 0 unspecified atom stereocenters. The smallest absolute Gasteiger partial charge is 0.269 e. The second kappa shape index (κ2) is 7.78. The van der Waals surface area contributed by atoms with Gasteiger partial charge in [-0.25, -0.2) is 0 Å². The molecule has 1 N–H and O–H groups in total. The molecule has 27 heavy (non-hydrogen) atoms. The van der Waals surface area contributed by atoms with Crippen LogP contribution in [0.15, 0.2) is 30.5 Å². The van der Waals surface area contributed by atoms with Crippen molar-refractivity contribution in [3.63, 3.8) is 0 Å². The average Bonchev–Trinajstić information content (AvgIpc) is 3.00. The maximum absolute atomic E-state index is 10.9. The Bertz CT molecular complexity index is 784. The van der Waals surface area contributed by atoms with Crippen molar-refractivity contribution in [2.45, 2.75) is 51.7 Å². The van der Waals surface area contributed by atoms with Crippen molar-refractivity contribution in [2.75, 3.05) is 13.1 Å². The van der Waals surface area contributed by atoms with E-state index in [9.17, 15) is 10.1 Å². The van der Waals surface area contributed by atoms with Crippen molar-refractivity contribution in [1.29, 1.82) is 0 Å². The molecule has 0 amide bonds. The van der Waals surface area contributed by atoms with Gasteiger partial charge in [0.05, 0.1) is 10.6 Å². The summed E-state index contributed by atoms with van der Waals surface area (Å²) in [6.45, 7) is 9.79. The molecule has 3 rings (SSSR count). The Kier molecular flexibility index (Phi) is 5.62. The molecule has 0 spiro atoms. The largest absolute Gasteiger partial charge is 0.310 e. The second-order valence-corrected chi connectivity index (χ2v) is 8.29. The SMILES string of the molecule is Cn1cc(CNC2CCN(C(C)(C)C)CC2)c(-c2ccc([N+](=O)[O-])cc2)n1. The van der Waals surface area contributed by atoms with E-state index in [0.29, 0.717) is 6.04 Å². The van der Waals surface area contributed by atoms with Gasteiger partial charge in [-0.3, -0.25) is 19.7 Å². The summed E-state index contributed by atoms with van der Waals surface area (Å²) in [6, 6.07) is 7.11. The van der Waals surface area contributed by atoms with Crippen LogP contribution in [0.4, 0.5) is 5.69 Å². The third-order valence-corrected chi connectivity index (χ3v) is 5.28. The predicted octanol–water partition coefficient (Wildman–Crippen LogP) is 3.35. The van der Waals surface area contributed by atoms with E-state index in [1.807, 2.05) is 13.2 Å². The first kappa shape index (κ1) is 19.5. The molecule has 2 aromatic rings. The van der Waals surface area contributed by atoms with E-state index >= 15 is 0 Å². The fourth-order valence-electron chi connectivity index (χ4n) is 3.66. The molecule has 0 aliphatic carbocycles. The van der Waals surface area contributed by atoms with Gasteiger partial charge in [-0.1, -0.05) is 0 Å². The zero-order valence-corrected chi connectivity index (χ0v) is 16.6. The van der Waals surface area contributed by atoms with Gasteiger partial charge < -0.3 is 5.32 Å². The van der Waals surface area contributed by atoms with Gasteiger partial charge in [-0.05, 0) is 45.7 Å². The maximum atomic E-state index is 10.9. The number of aromatic nitrogens is 2. The number of likely N-dealkylation sites (tertiary alicyclic amines) is 1. The fourth-order valence-corrected chi connectivity index (χ4v) is 3.66. The average molecular weight is 371 g/mol.